The van der Waals surface area contributed by atoms with E-state index in [-0.39, 0.29) is 31.8 Å². The summed E-state index contributed by atoms with van der Waals surface area (Å²) in [5.41, 5.74) is 22.0. The Bertz CT molecular complexity index is 999. The molecule has 5 atom stereocenters. The zero-order valence-electron chi connectivity index (χ0n) is 21.0. The number of rotatable bonds is 16. The predicted octanol–water partition coefficient (Wildman–Crippen LogP) is -3.59. The Hall–Kier alpha value is -4.24. The number of primary amides is 1. The number of carboxylic acids is 1. The highest BCUT2D eigenvalue weighted by molar-refractivity contribution is 5.96. The Morgan fingerprint density at radius 3 is 1.97 bits per heavy atom. The molecule has 0 fully saturated rings. The molecule has 0 aliphatic rings. The van der Waals surface area contributed by atoms with Gasteiger partial charge in [-0.05, 0) is 25.3 Å². The van der Waals surface area contributed by atoms with E-state index in [4.69, 9.17) is 22.9 Å². The molecule has 210 valence electrons. The highest BCUT2D eigenvalue weighted by Gasteiger charge is 2.31. The van der Waals surface area contributed by atoms with Crippen LogP contribution < -0.4 is 38.9 Å². The molecule has 15 nitrogen and oxygen atoms in total. The first-order chi connectivity index (χ1) is 17.8. The van der Waals surface area contributed by atoms with E-state index in [1.165, 1.54) is 6.92 Å². The van der Waals surface area contributed by atoms with Crippen molar-refractivity contribution in [3.63, 3.8) is 0 Å². The van der Waals surface area contributed by atoms with E-state index in [0.29, 0.717) is 5.56 Å². The molecule has 1 aromatic rings. The van der Waals surface area contributed by atoms with Gasteiger partial charge in [0, 0.05) is 13.0 Å². The van der Waals surface area contributed by atoms with Gasteiger partial charge in [0.1, 0.15) is 24.2 Å². The topological polar surface area (TPSA) is 278 Å². The molecule has 0 aliphatic heterocycles. The van der Waals surface area contributed by atoms with Gasteiger partial charge in [0.25, 0.3) is 0 Å². The first kappa shape index (κ1) is 31.8. The summed E-state index contributed by atoms with van der Waals surface area (Å²) in [5.74, 6) is -5.12. The molecule has 0 spiro atoms. The Morgan fingerprint density at radius 2 is 1.45 bits per heavy atom. The maximum absolute atomic E-state index is 13.2. The van der Waals surface area contributed by atoms with Crippen LogP contribution in [0.2, 0.25) is 0 Å². The number of nitrogens with two attached hydrogens (primary N) is 4. The zero-order valence-corrected chi connectivity index (χ0v) is 21.0. The summed E-state index contributed by atoms with van der Waals surface area (Å²) < 4.78 is 0. The second-order valence-electron chi connectivity index (χ2n) is 8.60. The SMILES string of the molecule is CC(O)C(N)C(=O)NC(Cc1ccccc1)C(=O)NC(CC(N)=O)C(=O)NC(CCCN=C(N)N)C(=O)O. The van der Waals surface area contributed by atoms with Gasteiger partial charge in [0.15, 0.2) is 5.96 Å². The second kappa shape index (κ2) is 15.8. The number of nitrogens with zero attached hydrogens (tertiary/aromatic N) is 1. The Labute approximate surface area is 219 Å². The molecule has 0 saturated heterocycles. The molecular weight excluding hydrogens is 500 g/mol. The number of hydrogen-bond acceptors (Lipinski definition) is 8. The molecule has 0 aliphatic carbocycles. The summed E-state index contributed by atoms with van der Waals surface area (Å²) in [5, 5.41) is 26.1. The van der Waals surface area contributed by atoms with Crippen LogP contribution in [-0.4, -0.2) is 82.6 Å². The van der Waals surface area contributed by atoms with E-state index in [9.17, 15) is 34.2 Å². The number of carbonyl (C=O) groups is 5. The molecular formula is C23H36N8O7. The van der Waals surface area contributed by atoms with E-state index in [1.807, 2.05) is 0 Å². The molecule has 0 saturated carbocycles. The molecule has 38 heavy (non-hydrogen) atoms. The molecule has 0 radical (unpaired) electrons. The molecule has 0 aromatic heterocycles. The Morgan fingerprint density at radius 1 is 0.895 bits per heavy atom. The van der Waals surface area contributed by atoms with Gasteiger partial charge in [0.2, 0.25) is 23.6 Å². The van der Waals surface area contributed by atoms with Crippen LogP contribution in [0.15, 0.2) is 35.3 Å². The van der Waals surface area contributed by atoms with E-state index in [2.05, 4.69) is 20.9 Å². The lowest BCUT2D eigenvalue weighted by Gasteiger charge is -2.25. The van der Waals surface area contributed by atoms with Crippen molar-refractivity contribution in [1.82, 2.24) is 16.0 Å². The van der Waals surface area contributed by atoms with Crippen LogP contribution >= 0.6 is 0 Å². The molecule has 0 heterocycles. The van der Waals surface area contributed by atoms with Crippen molar-refractivity contribution in [2.24, 2.45) is 27.9 Å². The number of amides is 4. The van der Waals surface area contributed by atoms with Crippen LogP contribution in [-0.2, 0) is 30.4 Å². The fourth-order valence-electron chi connectivity index (χ4n) is 3.26. The third-order valence-corrected chi connectivity index (χ3v) is 5.34. The van der Waals surface area contributed by atoms with Crippen molar-refractivity contribution in [3.8, 4) is 0 Å². The number of hydrogen-bond donors (Lipinski definition) is 9. The quantitative estimate of drug-likeness (QED) is 0.0568. The second-order valence-corrected chi connectivity index (χ2v) is 8.60. The van der Waals surface area contributed by atoms with Crippen LogP contribution in [0, 0.1) is 0 Å². The number of aliphatic hydroxyl groups is 1. The smallest absolute Gasteiger partial charge is 0.326 e. The van der Waals surface area contributed by atoms with Gasteiger partial charge >= 0.3 is 5.97 Å². The maximum Gasteiger partial charge on any atom is 0.326 e. The van der Waals surface area contributed by atoms with Gasteiger partial charge in [-0.3, -0.25) is 24.2 Å². The lowest BCUT2D eigenvalue weighted by Crippen LogP contribution is -2.59. The average molecular weight is 537 g/mol. The largest absolute Gasteiger partial charge is 0.480 e. The first-order valence-electron chi connectivity index (χ1n) is 11.8. The van der Waals surface area contributed by atoms with Crippen LogP contribution in [0.3, 0.4) is 0 Å². The highest BCUT2D eigenvalue weighted by Crippen LogP contribution is 2.06. The minimum absolute atomic E-state index is 0.0155. The third kappa shape index (κ3) is 11.7. The van der Waals surface area contributed by atoms with Gasteiger partial charge in [-0.25, -0.2) is 4.79 Å². The van der Waals surface area contributed by atoms with Crippen molar-refractivity contribution < 1.29 is 34.2 Å². The van der Waals surface area contributed by atoms with Crippen molar-refractivity contribution in [1.29, 1.82) is 0 Å². The molecule has 1 rings (SSSR count). The summed E-state index contributed by atoms with van der Waals surface area (Å²) in [7, 11) is 0. The van der Waals surface area contributed by atoms with E-state index in [0.717, 1.165) is 0 Å². The summed E-state index contributed by atoms with van der Waals surface area (Å²) in [6.07, 6.45) is -1.69. The fourth-order valence-corrected chi connectivity index (χ4v) is 3.26. The van der Waals surface area contributed by atoms with Crippen LogP contribution in [0.1, 0.15) is 31.7 Å². The minimum atomic E-state index is -1.54. The zero-order chi connectivity index (χ0) is 28.8. The number of aliphatic imine (C=N–C) groups is 1. The lowest BCUT2D eigenvalue weighted by atomic mass is 10.0. The van der Waals surface area contributed by atoms with Gasteiger partial charge in [-0.15, -0.1) is 0 Å². The van der Waals surface area contributed by atoms with E-state index < -0.39 is 66.3 Å². The van der Waals surface area contributed by atoms with Crippen molar-refractivity contribution in [2.75, 3.05) is 6.54 Å². The van der Waals surface area contributed by atoms with Crippen molar-refractivity contribution in [2.45, 2.75) is 62.9 Å². The van der Waals surface area contributed by atoms with Gasteiger partial charge in [0.05, 0.1) is 12.5 Å². The Kier molecular flexibility index (Phi) is 13.2. The van der Waals surface area contributed by atoms with Gasteiger partial charge in [-0.1, -0.05) is 30.3 Å². The van der Waals surface area contributed by atoms with Gasteiger partial charge in [-0.2, -0.15) is 0 Å². The molecule has 15 heteroatoms. The molecule has 0 bridgehead atoms. The summed E-state index contributed by atoms with van der Waals surface area (Å²) >= 11 is 0. The summed E-state index contributed by atoms with van der Waals surface area (Å²) in [4.78, 5) is 65.4. The lowest BCUT2D eigenvalue weighted by molar-refractivity contribution is -0.142. The minimum Gasteiger partial charge on any atom is -0.480 e. The molecule has 13 N–H and O–H groups in total. The monoisotopic (exact) mass is 536 g/mol. The number of guanidine groups is 1. The van der Waals surface area contributed by atoms with E-state index >= 15 is 0 Å². The van der Waals surface area contributed by atoms with Crippen molar-refractivity contribution in [3.05, 3.63) is 35.9 Å². The standard InChI is InChI=1S/C23H36N8O7/c1-12(32)18(25)21(36)31-15(10-13-6-3-2-4-7-13)19(34)30-16(11-17(24)33)20(35)29-14(22(37)38)8-5-9-28-23(26)27/h2-4,6-7,12,14-16,18,32H,5,8-11,25H2,1H3,(H2,24,33)(H,29,35)(H,30,34)(H,31,36)(H,37,38)(H4,26,27,28). The summed E-state index contributed by atoms with van der Waals surface area (Å²) in [6, 6.07) is 3.10. The Balaban J connectivity index is 3.06. The number of aliphatic carboxylic acids is 1. The number of aliphatic hydroxyl groups excluding tert-OH is 1. The van der Waals surface area contributed by atoms with E-state index in [1.54, 1.807) is 30.3 Å². The van der Waals surface area contributed by atoms with Crippen LogP contribution in [0.4, 0.5) is 0 Å². The molecule has 1 aromatic carbocycles. The first-order valence-corrected chi connectivity index (χ1v) is 11.8. The molecule has 5 unspecified atom stereocenters. The molecule has 4 amide bonds. The number of nitrogens with one attached hydrogen (secondary N) is 3. The maximum atomic E-state index is 13.2. The van der Waals surface area contributed by atoms with Crippen LogP contribution in [0.25, 0.3) is 0 Å². The van der Waals surface area contributed by atoms with Crippen molar-refractivity contribution >= 4 is 35.6 Å². The average Bonchev–Trinajstić information content (AvgIpc) is 2.84. The number of benzene rings is 1. The predicted molar refractivity (Wildman–Crippen MR) is 137 cm³/mol. The van der Waals surface area contributed by atoms with Gasteiger partial charge < -0.3 is 49.1 Å². The highest BCUT2D eigenvalue weighted by atomic mass is 16.4. The normalized spacial score (nSPS) is 14.6. The number of carboxylic acid groups (broad SMARTS) is 1. The number of carbonyl (C=O) groups excluding carboxylic acids is 4. The van der Waals surface area contributed by atoms with Crippen LogP contribution in [0.5, 0.6) is 0 Å². The third-order valence-electron chi connectivity index (χ3n) is 5.34. The fraction of sp³-hybridized carbons (Fsp3) is 0.478. The summed E-state index contributed by atoms with van der Waals surface area (Å²) in [6.45, 7) is 1.43.